The van der Waals surface area contributed by atoms with Crippen LogP contribution in [0.1, 0.15) is 52.4 Å². The van der Waals surface area contributed by atoms with E-state index in [1.165, 1.54) is 13.8 Å². The molecule has 1 fully saturated rings. The molecular weight excluding hydrogens is 974 g/mol. The van der Waals surface area contributed by atoms with Gasteiger partial charge in [0, 0.05) is 20.7 Å². The summed E-state index contributed by atoms with van der Waals surface area (Å²) in [6.07, 6.45) is -11.9. The number of hydrogen-bond acceptors (Lipinski definition) is 0. The molecular formula is C22H20F24I2. The van der Waals surface area contributed by atoms with Crippen molar-refractivity contribution in [1.82, 2.24) is 0 Å². The van der Waals surface area contributed by atoms with Crippen molar-refractivity contribution in [3.05, 3.63) is 0 Å². The number of hydrogen-bond donors (Lipinski definition) is 0. The van der Waals surface area contributed by atoms with Gasteiger partial charge >= 0.3 is 65.4 Å². The van der Waals surface area contributed by atoms with Crippen LogP contribution in [-0.2, 0) is 0 Å². The Morgan fingerprint density at radius 2 is 0.729 bits per heavy atom. The molecule has 26 heteroatoms. The van der Waals surface area contributed by atoms with Gasteiger partial charge in [-0.3, -0.25) is 0 Å². The summed E-state index contributed by atoms with van der Waals surface area (Å²) in [7, 11) is 0. The summed E-state index contributed by atoms with van der Waals surface area (Å²) in [4.78, 5) is 0. The summed E-state index contributed by atoms with van der Waals surface area (Å²) in [6.45, 7) is 2.79. The normalized spacial score (nSPS) is 23.5. The molecule has 2 unspecified atom stereocenters. The van der Waals surface area contributed by atoms with Crippen molar-refractivity contribution in [2.45, 2.75) is 131 Å². The van der Waals surface area contributed by atoms with Gasteiger partial charge in [0.1, 0.15) is 0 Å². The van der Waals surface area contributed by atoms with E-state index in [2.05, 4.69) is 0 Å². The van der Waals surface area contributed by atoms with Crippen molar-refractivity contribution in [2.75, 3.05) is 0 Å². The highest BCUT2D eigenvalue weighted by atomic mass is 127. The van der Waals surface area contributed by atoms with Crippen molar-refractivity contribution >= 4 is 45.2 Å². The maximum atomic E-state index is 14.2. The Morgan fingerprint density at radius 3 is 1.04 bits per heavy atom. The van der Waals surface area contributed by atoms with Crippen molar-refractivity contribution in [1.29, 1.82) is 0 Å². The van der Waals surface area contributed by atoms with Gasteiger partial charge in [-0.1, -0.05) is 71.9 Å². The number of rotatable bonds is 12. The Morgan fingerprint density at radius 1 is 0.438 bits per heavy atom. The molecule has 0 aromatic carbocycles. The first-order valence-corrected chi connectivity index (χ1v) is 15.0. The maximum absolute atomic E-state index is 14.2. The van der Waals surface area contributed by atoms with Gasteiger partial charge < -0.3 is 0 Å². The van der Waals surface area contributed by atoms with Gasteiger partial charge in [0.15, 0.2) is 0 Å². The molecule has 0 bridgehead atoms. The predicted molar refractivity (Wildman–Crippen MR) is 134 cm³/mol. The fraction of sp³-hybridized carbons (Fsp3) is 1.00. The number of alkyl halides is 26. The second-order valence-corrected chi connectivity index (χ2v) is 13.9. The molecule has 1 saturated carbocycles. The lowest BCUT2D eigenvalue weighted by Crippen LogP contribution is -2.83. The third-order valence-electron chi connectivity index (χ3n) is 6.76. The Labute approximate surface area is 281 Å². The van der Waals surface area contributed by atoms with Crippen molar-refractivity contribution in [3.8, 4) is 0 Å². The third kappa shape index (κ3) is 6.97. The predicted octanol–water partition coefficient (Wildman–Crippen LogP) is 12.6. The van der Waals surface area contributed by atoms with E-state index in [9.17, 15) is 105 Å². The van der Waals surface area contributed by atoms with Crippen LogP contribution in [0.2, 0.25) is 0 Å². The van der Waals surface area contributed by atoms with E-state index in [4.69, 9.17) is 0 Å². The molecule has 0 N–H and O–H groups in total. The zero-order chi connectivity index (χ0) is 39.4. The lowest BCUT2D eigenvalue weighted by Gasteiger charge is -2.53. The minimum absolute atomic E-state index is 0.105. The summed E-state index contributed by atoms with van der Waals surface area (Å²) in [5.74, 6) is -70.9. The molecule has 0 spiro atoms. The van der Waals surface area contributed by atoms with Crippen LogP contribution in [0, 0.1) is 0 Å². The first kappa shape index (κ1) is 47.8. The molecule has 0 radical (unpaired) electrons. The highest BCUT2D eigenvalue weighted by Gasteiger charge is 3.00. The van der Waals surface area contributed by atoms with Crippen LogP contribution in [-0.4, -0.2) is 78.9 Å². The fourth-order valence-corrected chi connectivity index (χ4v) is 6.29. The second kappa shape index (κ2) is 14.0. The largest absolute Gasteiger partial charge is 0.460 e. The van der Waals surface area contributed by atoms with E-state index in [0.717, 1.165) is 45.2 Å². The van der Waals surface area contributed by atoms with Crippen LogP contribution in [0.5, 0.6) is 0 Å². The highest BCUT2D eigenvalue weighted by molar-refractivity contribution is 14.1. The maximum Gasteiger partial charge on any atom is 0.460 e. The minimum Gasteiger partial charge on any atom is -0.230 e. The topological polar surface area (TPSA) is 0 Å². The lowest BCUT2D eigenvalue weighted by molar-refractivity contribution is -0.485. The average molecular weight is 994 g/mol. The highest BCUT2D eigenvalue weighted by Crippen LogP contribution is 2.70. The molecule has 1 aliphatic carbocycles. The summed E-state index contributed by atoms with van der Waals surface area (Å²) in [5, 5.41) is 0. The molecule has 0 aromatic rings. The van der Waals surface area contributed by atoms with Gasteiger partial charge in [-0.05, 0) is 12.8 Å². The summed E-state index contributed by atoms with van der Waals surface area (Å²) < 4.78 is 310. The van der Waals surface area contributed by atoms with Crippen molar-refractivity contribution < 1.29 is 105 Å². The summed E-state index contributed by atoms with van der Waals surface area (Å²) in [5.41, 5.74) is -5.84. The lowest BCUT2D eigenvalue weighted by atomic mass is 9.70. The van der Waals surface area contributed by atoms with Crippen molar-refractivity contribution in [2.24, 2.45) is 0 Å². The second-order valence-electron chi connectivity index (χ2n) is 10.4. The van der Waals surface area contributed by atoms with Crippen LogP contribution >= 0.6 is 45.2 Å². The van der Waals surface area contributed by atoms with Gasteiger partial charge in [-0.2, -0.15) is 101 Å². The monoisotopic (exact) mass is 994 g/mol. The minimum atomic E-state index is -7.82. The summed E-state index contributed by atoms with van der Waals surface area (Å²) in [6, 6.07) is 0. The van der Waals surface area contributed by atoms with Gasteiger partial charge in [0.05, 0.1) is 0 Å². The smallest absolute Gasteiger partial charge is 0.230 e. The van der Waals surface area contributed by atoms with Gasteiger partial charge in [0.2, 0.25) is 0 Å². The van der Waals surface area contributed by atoms with Crippen LogP contribution < -0.4 is 0 Å². The molecule has 1 aliphatic rings. The Kier molecular flexibility index (Phi) is 13.9. The van der Waals surface area contributed by atoms with E-state index < -0.39 is 91.8 Å². The quantitative estimate of drug-likeness (QED) is 0.104. The van der Waals surface area contributed by atoms with Crippen LogP contribution in [0.4, 0.5) is 105 Å². The van der Waals surface area contributed by atoms with E-state index in [1.807, 2.05) is 0 Å². The van der Waals surface area contributed by atoms with Crippen LogP contribution in [0.25, 0.3) is 0 Å². The Balaban J connectivity index is 0.000000923. The van der Waals surface area contributed by atoms with E-state index in [-0.39, 0.29) is 25.7 Å². The zero-order valence-electron chi connectivity index (χ0n) is 23.2. The fourth-order valence-electron chi connectivity index (χ4n) is 3.89. The van der Waals surface area contributed by atoms with E-state index >= 15 is 0 Å². The molecule has 2 atom stereocenters. The molecule has 0 heterocycles. The first-order chi connectivity index (χ1) is 20.7. The Bertz CT molecular complexity index is 1050. The molecule has 48 heavy (non-hydrogen) atoms. The molecule has 0 amide bonds. The third-order valence-corrected chi connectivity index (χ3v) is 8.88. The molecule has 0 aliphatic heterocycles. The zero-order valence-corrected chi connectivity index (χ0v) is 27.5. The van der Waals surface area contributed by atoms with E-state index in [0.29, 0.717) is 0 Å². The first-order valence-electron chi connectivity index (χ1n) is 12.5. The molecule has 0 saturated heterocycles. The standard InChI is InChI=1S/C11H10F13I.C11H10F11I/c1-2-3-5(25)4-6(12,13)7(14,15)8(16,17)9(18,19)10(20,21)11(22,23)24;1-2-3-5(23)4-6(12)7(13,14)9(17,18)11(21,22)10(19,20)8(6,15)16/h5H,2-4H2,1H3;5H,2-4H2,1H3. The van der Waals surface area contributed by atoms with E-state index in [1.54, 1.807) is 0 Å². The van der Waals surface area contributed by atoms with Crippen LogP contribution in [0.15, 0.2) is 0 Å². The molecule has 290 valence electrons. The summed E-state index contributed by atoms with van der Waals surface area (Å²) >= 11 is 2.25. The Hall–Kier alpha value is -0.220. The van der Waals surface area contributed by atoms with Crippen LogP contribution in [0.3, 0.4) is 0 Å². The van der Waals surface area contributed by atoms with Gasteiger partial charge in [-0.15, -0.1) is 0 Å². The van der Waals surface area contributed by atoms with Gasteiger partial charge in [0.25, 0.3) is 5.67 Å². The SMILES string of the molecule is CCCC(I)CC(F)(F)C(F)(F)C(F)(F)C(F)(F)C(F)(F)C(F)(F)F.CCCC(I)CC1(F)C(F)(F)C(F)(F)C(F)(F)C(F)(F)C1(F)F. The molecule has 0 nitrogen and oxygen atoms in total. The average Bonchev–Trinajstić information content (AvgIpc) is 2.86. The van der Waals surface area contributed by atoms with Gasteiger partial charge in [-0.25, -0.2) is 4.39 Å². The molecule has 1 rings (SSSR count). The molecule has 0 aromatic heterocycles. The number of halogens is 26. The van der Waals surface area contributed by atoms with Crippen molar-refractivity contribution in [3.63, 3.8) is 0 Å².